The number of carbonyl (C=O) groups is 1. The lowest BCUT2D eigenvalue weighted by Crippen LogP contribution is -2.47. The molecule has 0 atom stereocenters. The van der Waals surface area contributed by atoms with Gasteiger partial charge in [0.1, 0.15) is 5.69 Å². The van der Waals surface area contributed by atoms with E-state index in [1.165, 1.54) is 0 Å². The molecule has 0 unspecified atom stereocenters. The summed E-state index contributed by atoms with van der Waals surface area (Å²) in [5.74, 6) is 1.33. The van der Waals surface area contributed by atoms with Crippen LogP contribution in [0.15, 0.2) is 29.6 Å². The molecule has 25 heavy (non-hydrogen) atoms. The Bertz CT molecular complexity index is 690. The lowest BCUT2D eigenvalue weighted by molar-refractivity contribution is -0.140. The highest BCUT2D eigenvalue weighted by molar-refractivity contribution is 7.13. The van der Waals surface area contributed by atoms with Gasteiger partial charge in [0.2, 0.25) is 5.91 Å². The Morgan fingerprint density at radius 3 is 2.52 bits per heavy atom. The van der Waals surface area contributed by atoms with Gasteiger partial charge in [0.05, 0.1) is 18.1 Å². The van der Waals surface area contributed by atoms with Crippen molar-refractivity contribution in [3.8, 4) is 10.6 Å². The van der Waals surface area contributed by atoms with Gasteiger partial charge in [-0.1, -0.05) is 6.07 Å². The summed E-state index contributed by atoms with van der Waals surface area (Å²) in [6.07, 6.45) is 1.76. The highest BCUT2D eigenvalue weighted by Gasteiger charge is 2.29. The maximum atomic E-state index is 12.6. The first-order valence-corrected chi connectivity index (χ1v) is 9.68. The van der Waals surface area contributed by atoms with Gasteiger partial charge in [0.25, 0.3) is 0 Å². The minimum absolute atomic E-state index is 0.132. The number of morpholine rings is 1. The predicted octanol–water partition coefficient (Wildman–Crippen LogP) is 2.28. The number of thiophene rings is 1. The summed E-state index contributed by atoms with van der Waals surface area (Å²) in [6.45, 7) is 4.50. The fourth-order valence-corrected chi connectivity index (χ4v) is 4.14. The molecule has 2 aliphatic heterocycles. The topological polar surface area (TPSA) is 58.6 Å². The number of carbonyl (C=O) groups excluding carboxylic acids is 1. The van der Waals surface area contributed by atoms with Crippen molar-refractivity contribution in [3.63, 3.8) is 0 Å². The molecule has 6 nitrogen and oxygen atoms in total. The third-order valence-electron chi connectivity index (χ3n) is 4.92. The molecule has 2 aromatic heterocycles. The minimum Gasteiger partial charge on any atom is -0.378 e. The number of hydrogen-bond acceptors (Lipinski definition) is 6. The first-order chi connectivity index (χ1) is 12.3. The van der Waals surface area contributed by atoms with Crippen LogP contribution in [-0.2, 0) is 9.53 Å². The summed E-state index contributed by atoms with van der Waals surface area (Å²) < 4.78 is 5.33. The standard InChI is InChI=1S/C18H22N4O2S/c23-18(22-9-11-24-12-10-22)14-5-7-21(8-6-14)17-4-3-15(19-20-17)16-2-1-13-25-16/h1-4,13-14H,5-12H2. The van der Waals surface area contributed by atoms with Gasteiger partial charge in [0.15, 0.2) is 5.82 Å². The van der Waals surface area contributed by atoms with Crippen LogP contribution in [0, 0.1) is 5.92 Å². The number of nitrogens with zero attached hydrogens (tertiary/aromatic N) is 4. The second-order valence-corrected chi connectivity index (χ2v) is 7.40. The van der Waals surface area contributed by atoms with Crippen LogP contribution in [0.4, 0.5) is 5.82 Å². The maximum absolute atomic E-state index is 12.6. The van der Waals surface area contributed by atoms with Gasteiger partial charge in [-0.2, -0.15) is 0 Å². The molecule has 2 aliphatic rings. The minimum atomic E-state index is 0.132. The van der Waals surface area contributed by atoms with Crippen molar-refractivity contribution in [1.29, 1.82) is 0 Å². The Balaban J connectivity index is 1.34. The summed E-state index contributed by atoms with van der Waals surface area (Å²) in [5, 5.41) is 10.8. The van der Waals surface area contributed by atoms with E-state index in [4.69, 9.17) is 4.74 Å². The molecule has 2 fully saturated rings. The van der Waals surface area contributed by atoms with Crippen LogP contribution in [0.25, 0.3) is 10.6 Å². The van der Waals surface area contributed by atoms with Crippen molar-refractivity contribution < 1.29 is 9.53 Å². The molecule has 0 radical (unpaired) electrons. The number of anilines is 1. The van der Waals surface area contributed by atoms with E-state index in [0.29, 0.717) is 19.1 Å². The van der Waals surface area contributed by atoms with Crippen molar-refractivity contribution in [2.75, 3.05) is 44.3 Å². The number of amides is 1. The van der Waals surface area contributed by atoms with Gasteiger partial charge in [-0.15, -0.1) is 21.5 Å². The molecule has 2 aromatic rings. The average Bonchev–Trinajstić information content (AvgIpc) is 3.23. The van der Waals surface area contributed by atoms with Gasteiger partial charge in [-0.25, -0.2) is 0 Å². The van der Waals surface area contributed by atoms with E-state index in [-0.39, 0.29) is 5.92 Å². The van der Waals surface area contributed by atoms with Crippen LogP contribution in [0.5, 0.6) is 0 Å². The van der Waals surface area contributed by atoms with E-state index in [1.807, 2.05) is 28.5 Å². The Hall–Kier alpha value is -1.99. The quantitative estimate of drug-likeness (QED) is 0.842. The molecule has 7 heteroatoms. The Morgan fingerprint density at radius 2 is 1.88 bits per heavy atom. The number of hydrogen-bond donors (Lipinski definition) is 0. The monoisotopic (exact) mass is 358 g/mol. The Labute approximate surface area is 151 Å². The number of rotatable bonds is 3. The third-order valence-corrected chi connectivity index (χ3v) is 5.81. The summed E-state index contributed by atoms with van der Waals surface area (Å²) in [6, 6.07) is 8.13. The van der Waals surface area contributed by atoms with Gasteiger partial charge < -0.3 is 14.5 Å². The van der Waals surface area contributed by atoms with Gasteiger partial charge in [-0.05, 0) is 36.4 Å². The first-order valence-electron chi connectivity index (χ1n) is 8.80. The van der Waals surface area contributed by atoms with E-state index >= 15 is 0 Å². The number of aromatic nitrogens is 2. The van der Waals surface area contributed by atoms with Crippen LogP contribution >= 0.6 is 11.3 Å². The molecule has 0 aromatic carbocycles. The van der Waals surface area contributed by atoms with Crippen LogP contribution in [0.1, 0.15) is 12.8 Å². The fourth-order valence-electron chi connectivity index (χ4n) is 3.45. The lowest BCUT2D eigenvalue weighted by atomic mass is 9.95. The van der Waals surface area contributed by atoms with Crippen LogP contribution < -0.4 is 4.90 Å². The van der Waals surface area contributed by atoms with Crippen molar-refractivity contribution in [2.45, 2.75) is 12.8 Å². The molecule has 0 N–H and O–H groups in total. The molecule has 0 aliphatic carbocycles. The highest BCUT2D eigenvalue weighted by atomic mass is 32.1. The second kappa shape index (κ2) is 7.49. The molecule has 1 amide bonds. The molecule has 4 heterocycles. The molecule has 0 saturated carbocycles. The van der Waals surface area contributed by atoms with Crippen molar-refractivity contribution in [2.24, 2.45) is 5.92 Å². The molecule has 0 spiro atoms. The summed E-state index contributed by atoms with van der Waals surface area (Å²) >= 11 is 1.67. The SMILES string of the molecule is O=C(C1CCN(c2ccc(-c3cccs3)nn2)CC1)N1CCOCC1. The smallest absolute Gasteiger partial charge is 0.225 e. The molecular formula is C18H22N4O2S. The lowest BCUT2D eigenvalue weighted by Gasteiger charge is -2.35. The predicted molar refractivity (Wildman–Crippen MR) is 97.7 cm³/mol. The zero-order valence-corrected chi connectivity index (χ0v) is 15.0. The van der Waals surface area contributed by atoms with Gasteiger partial charge >= 0.3 is 0 Å². The summed E-state index contributed by atoms with van der Waals surface area (Å²) in [4.78, 5) is 17.9. The highest BCUT2D eigenvalue weighted by Crippen LogP contribution is 2.26. The van der Waals surface area contributed by atoms with Crippen molar-refractivity contribution >= 4 is 23.1 Å². The molecule has 2 saturated heterocycles. The average molecular weight is 358 g/mol. The van der Waals surface area contributed by atoms with E-state index < -0.39 is 0 Å². The maximum Gasteiger partial charge on any atom is 0.225 e. The fraction of sp³-hybridized carbons (Fsp3) is 0.500. The van der Waals surface area contributed by atoms with Crippen LogP contribution in [-0.4, -0.2) is 60.4 Å². The molecule has 132 valence electrons. The molecule has 4 rings (SSSR count). The van der Waals surface area contributed by atoms with Crippen molar-refractivity contribution in [1.82, 2.24) is 15.1 Å². The van der Waals surface area contributed by atoms with Crippen molar-refractivity contribution in [3.05, 3.63) is 29.6 Å². The second-order valence-electron chi connectivity index (χ2n) is 6.45. The largest absolute Gasteiger partial charge is 0.378 e. The van der Waals surface area contributed by atoms with E-state index in [0.717, 1.165) is 55.4 Å². The van der Waals surface area contributed by atoms with E-state index in [9.17, 15) is 4.79 Å². The van der Waals surface area contributed by atoms with Crippen LogP contribution in [0.3, 0.4) is 0 Å². The van der Waals surface area contributed by atoms with E-state index in [1.54, 1.807) is 11.3 Å². The van der Waals surface area contributed by atoms with Gasteiger partial charge in [0, 0.05) is 32.1 Å². The Morgan fingerprint density at radius 1 is 1.08 bits per heavy atom. The zero-order chi connectivity index (χ0) is 17.1. The summed E-state index contributed by atoms with van der Waals surface area (Å²) in [7, 11) is 0. The molecular weight excluding hydrogens is 336 g/mol. The normalized spacial score (nSPS) is 19.2. The molecule has 0 bridgehead atoms. The third kappa shape index (κ3) is 3.67. The number of ether oxygens (including phenoxy) is 1. The summed E-state index contributed by atoms with van der Waals surface area (Å²) in [5.41, 5.74) is 0.913. The van der Waals surface area contributed by atoms with Crippen LogP contribution in [0.2, 0.25) is 0 Å². The number of piperidine rings is 1. The van der Waals surface area contributed by atoms with Gasteiger partial charge in [-0.3, -0.25) is 4.79 Å². The first kappa shape index (κ1) is 16.5. The zero-order valence-electron chi connectivity index (χ0n) is 14.1. The Kier molecular flexibility index (Phi) is 4.94. The van der Waals surface area contributed by atoms with E-state index in [2.05, 4.69) is 21.2 Å².